The third-order valence-corrected chi connectivity index (χ3v) is 1.97. The molecule has 0 radical (unpaired) electrons. The molecule has 3 heteroatoms. The van der Waals surface area contributed by atoms with Crippen LogP contribution in [-0.2, 0) is 0 Å². The van der Waals surface area contributed by atoms with Gasteiger partial charge in [-0.25, -0.2) is 4.98 Å². The van der Waals surface area contributed by atoms with E-state index in [0.29, 0.717) is 0 Å². The molecule has 2 aromatic rings. The van der Waals surface area contributed by atoms with Gasteiger partial charge in [-0.05, 0) is 18.6 Å². The predicted octanol–water partition coefficient (Wildman–Crippen LogP) is 1.46. The number of imidazole rings is 1. The quantitative estimate of drug-likeness (QED) is 0.592. The Morgan fingerprint density at radius 2 is 2.42 bits per heavy atom. The van der Waals surface area contributed by atoms with Gasteiger partial charge in [-0.15, -0.1) is 0 Å². The summed E-state index contributed by atoms with van der Waals surface area (Å²) in [6.45, 7) is 1.91. The van der Waals surface area contributed by atoms with Crippen LogP contribution < -0.4 is 0 Å². The summed E-state index contributed by atoms with van der Waals surface area (Å²) in [6.07, 6.45) is 6.13. The molecule has 2 aromatic heterocycles. The number of nitrogens with zero attached hydrogens (tertiary/aromatic N) is 2. The number of hydrogen-bond donors (Lipinski definition) is 0. The highest BCUT2D eigenvalue weighted by Gasteiger charge is 2.02. The van der Waals surface area contributed by atoms with Crippen molar-refractivity contribution in [2.75, 3.05) is 0 Å². The van der Waals surface area contributed by atoms with Crippen molar-refractivity contribution >= 4 is 11.8 Å². The van der Waals surface area contributed by atoms with E-state index in [9.17, 15) is 4.79 Å². The van der Waals surface area contributed by atoms with Crippen LogP contribution >= 0.6 is 0 Å². The van der Waals surface area contributed by atoms with Gasteiger partial charge in [-0.3, -0.25) is 4.79 Å². The molecule has 0 N–H and O–H groups in total. The summed E-state index contributed by atoms with van der Waals surface area (Å²) in [4.78, 5) is 14.7. The Balaban J connectivity index is 2.91. The van der Waals surface area contributed by atoms with Crippen LogP contribution in [0.15, 0.2) is 24.8 Å². The summed E-state index contributed by atoms with van der Waals surface area (Å²) in [6, 6.07) is 1.90. The number of pyridine rings is 1. The zero-order chi connectivity index (χ0) is 8.55. The summed E-state index contributed by atoms with van der Waals surface area (Å²) < 4.78 is 1.83. The van der Waals surface area contributed by atoms with Crippen LogP contribution in [0.3, 0.4) is 0 Å². The maximum absolute atomic E-state index is 10.7. The molecule has 0 aromatic carbocycles. The van der Waals surface area contributed by atoms with E-state index in [-0.39, 0.29) is 0 Å². The normalized spacial score (nSPS) is 10.4. The molecule has 0 aliphatic carbocycles. The highest BCUT2D eigenvalue weighted by molar-refractivity contribution is 5.87. The second-order valence-electron chi connectivity index (χ2n) is 2.72. The molecular formula is C9H8N2O. The number of aryl methyl sites for hydroxylation is 1. The van der Waals surface area contributed by atoms with E-state index in [1.165, 1.54) is 0 Å². The van der Waals surface area contributed by atoms with E-state index in [1.807, 2.05) is 23.6 Å². The first-order valence-corrected chi connectivity index (χ1v) is 3.69. The Bertz CT molecular complexity index is 431. The second kappa shape index (κ2) is 2.44. The summed E-state index contributed by atoms with van der Waals surface area (Å²) in [5.41, 5.74) is 2.57. The number of aromatic nitrogens is 2. The topological polar surface area (TPSA) is 34.4 Å². The number of rotatable bonds is 1. The first kappa shape index (κ1) is 7.03. The molecule has 12 heavy (non-hydrogen) atoms. The molecule has 3 nitrogen and oxygen atoms in total. The summed E-state index contributed by atoms with van der Waals surface area (Å²) in [5, 5.41) is 0. The maximum Gasteiger partial charge on any atom is 0.152 e. The van der Waals surface area contributed by atoms with E-state index >= 15 is 0 Å². The lowest BCUT2D eigenvalue weighted by Gasteiger charge is -1.99. The van der Waals surface area contributed by atoms with Crippen molar-refractivity contribution in [1.82, 2.24) is 9.38 Å². The fraction of sp³-hybridized carbons (Fsp3) is 0.111. The average Bonchev–Trinajstić information content (AvgIpc) is 2.52. The van der Waals surface area contributed by atoms with E-state index in [4.69, 9.17) is 0 Å². The van der Waals surface area contributed by atoms with Gasteiger partial charge < -0.3 is 4.40 Å². The minimum absolute atomic E-state index is 0.718. The van der Waals surface area contributed by atoms with Gasteiger partial charge in [-0.1, -0.05) is 0 Å². The second-order valence-corrected chi connectivity index (χ2v) is 2.72. The molecule has 60 valence electrons. The van der Waals surface area contributed by atoms with Gasteiger partial charge in [0.05, 0.1) is 18.0 Å². The van der Waals surface area contributed by atoms with Crippen LogP contribution in [0.25, 0.3) is 5.52 Å². The number of hydrogen-bond acceptors (Lipinski definition) is 2. The smallest absolute Gasteiger partial charge is 0.152 e. The zero-order valence-electron chi connectivity index (χ0n) is 6.69. The first-order chi connectivity index (χ1) is 5.83. The van der Waals surface area contributed by atoms with Gasteiger partial charge in [0.1, 0.15) is 0 Å². The summed E-state index contributed by atoms with van der Waals surface area (Å²) >= 11 is 0. The van der Waals surface area contributed by atoms with Crippen LogP contribution in [0, 0.1) is 6.92 Å². The van der Waals surface area contributed by atoms with Crippen LogP contribution in [0.5, 0.6) is 0 Å². The monoisotopic (exact) mass is 160 g/mol. The van der Waals surface area contributed by atoms with E-state index < -0.39 is 0 Å². The number of aldehydes is 1. The molecule has 2 heterocycles. The molecule has 0 bridgehead atoms. The predicted molar refractivity (Wildman–Crippen MR) is 45.3 cm³/mol. The molecule has 0 fully saturated rings. The maximum atomic E-state index is 10.7. The Kier molecular flexibility index (Phi) is 1.43. The van der Waals surface area contributed by atoms with Crippen molar-refractivity contribution in [3.8, 4) is 0 Å². The van der Waals surface area contributed by atoms with Gasteiger partial charge in [0.25, 0.3) is 0 Å². The highest BCUT2D eigenvalue weighted by atomic mass is 16.1. The molecule has 0 amide bonds. The van der Waals surface area contributed by atoms with E-state index in [2.05, 4.69) is 4.98 Å². The van der Waals surface area contributed by atoms with Crippen LogP contribution in [-0.4, -0.2) is 15.7 Å². The lowest BCUT2D eigenvalue weighted by Crippen LogP contribution is -1.91. The van der Waals surface area contributed by atoms with Gasteiger partial charge in [0.15, 0.2) is 6.29 Å². The van der Waals surface area contributed by atoms with Crippen molar-refractivity contribution in [3.63, 3.8) is 0 Å². The lowest BCUT2D eigenvalue weighted by atomic mass is 10.1. The third-order valence-electron chi connectivity index (χ3n) is 1.97. The molecule has 0 saturated carbocycles. The SMILES string of the molecule is Cc1ccn2cncc2c1C=O. The van der Waals surface area contributed by atoms with Gasteiger partial charge in [-0.2, -0.15) is 0 Å². The van der Waals surface area contributed by atoms with Gasteiger partial charge in [0, 0.05) is 11.8 Å². The number of fused-ring (bicyclic) bond motifs is 1. The lowest BCUT2D eigenvalue weighted by molar-refractivity contribution is 0.112. The van der Waals surface area contributed by atoms with Crippen molar-refractivity contribution in [2.24, 2.45) is 0 Å². The molecule has 2 rings (SSSR count). The minimum atomic E-state index is 0.718. The van der Waals surface area contributed by atoms with Gasteiger partial charge >= 0.3 is 0 Å². The average molecular weight is 160 g/mol. The molecule has 0 aliphatic rings. The van der Waals surface area contributed by atoms with Crippen LogP contribution in [0.4, 0.5) is 0 Å². The fourth-order valence-electron chi connectivity index (χ4n) is 1.27. The number of carbonyl (C=O) groups excluding carboxylic acids is 1. The molecule has 0 aliphatic heterocycles. The number of carbonyl (C=O) groups is 1. The Labute approximate surface area is 69.7 Å². The summed E-state index contributed by atoms with van der Waals surface area (Å²) in [7, 11) is 0. The molecule has 0 unspecified atom stereocenters. The van der Waals surface area contributed by atoms with Crippen LogP contribution in [0.2, 0.25) is 0 Å². The Morgan fingerprint density at radius 3 is 3.17 bits per heavy atom. The van der Waals surface area contributed by atoms with E-state index in [0.717, 1.165) is 22.9 Å². The third kappa shape index (κ3) is 0.830. The Hall–Kier alpha value is -1.64. The first-order valence-electron chi connectivity index (χ1n) is 3.69. The van der Waals surface area contributed by atoms with Crippen molar-refractivity contribution < 1.29 is 4.79 Å². The van der Waals surface area contributed by atoms with Crippen molar-refractivity contribution in [3.05, 3.63) is 35.9 Å². The van der Waals surface area contributed by atoms with E-state index in [1.54, 1.807) is 12.5 Å². The van der Waals surface area contributed by atoms with Crippen molar-refractivity contribution in [2.45, 2.75) is 6.92 Å². The molecule has 0 atom stereocenters. The van der Waals surface area contributed by atoms with Crippen LogP contribution in [0.1, 0.15) is 15.9 Å². The Morgan fingerprint density at radius 1 is 1.58 bits per heavy atom. The molecular weight excluding hydrogens is 152 g/mol. The summed E-state index contributed by atoms with van der Waals surface area (Å²) in [5.74, 6) is 0. The largest absolute Gasteiger partial charge is 0.306 e. The standard InChI is InChI=1S/C9H8N2O/c1-7-2-3-11-6-10-4-9(11)8(7)5-12/h2-6H,1H3. The zero-order valence-corrected chi connectivity index (χ0v) is 6.69. The minimum Gasteiger partial charge on any atom is -0.306 e. The van der Waals surface area contributed by atoms with Crippen molar-refractivity contribution in [1.29, 1.82) is 0 Å². The van der Waals surface area contributed by atoms with Gasteiger partial charge in [0.2, 0.25) is 0 Å². The molecule has 0 spiro atoms. The molecule has 0 saturated heterocycles. The fourth-order valence-corrected chi connectivity index (χ4v) is 1.27. The highest BCUT2D eigenvalue weighted by Crippen LogP contribution is 2.12.